The van der Waals surface area contributed by atoms with Crippen LogP contribution in [0, 0.1) is 5.41 Å². The molecule has 0 unspecified atom stereocenters. The number of piperidine rings is 1. The van der Waals surface area contributed by atoms with Crippen molar-refractivity contribution in [3.8, 4) is 0 Å². The van der Waals surface area contributed by atoms with Crippen molar-refractivity contribution in [1.82, 2.24) is 14.8 Å². The number of rotatable bonds is 2. The average Bonchev–Trinajstić information content (AvgIpc) is 3.15. The molecule has 2 fully saturated rings. The van der Waals surface area contributed by atoms with E-state index in [2.05, 4.69) is 36.8 Å². The molecule has 1 spiro atoms. The lowest BCUT2D eigenvalue weighted by atomic mass is 9.72. The Morgan fingerprint density at radius 1 is 0.833 bits per heavy atom. The Bertz CT molecular complexity index is 1120. The summed E-state index contributed by atoms with van der Waals surface area (Å²) in [5.74, 6) is 0.148. The minimum atomic E-state index is 0.0568. The van der Waals surface area contributed by atoms with Crippen LogP contribution < -0.4 is 0 Å². The first-order valence-electron chi connectivity index (χ1n) is 10.0. The van der Waals surface area contributed by atoms with E-state index in [0.717, 1.165) is 64.4 Å². The highest BCUT2D eigenvalue weighted by Crippen LogP contribution is 2.41. The average molecular weight is 531 g/mol. The Kier molecular flexibility index (Phi) is 4.98. The molecule has 2 aliphatic rings. The number of amides is 2. The maximum atomic E-state index is 12.9. The summed E-state index contributed by atoms with van der Waals surface area (Å²) < 4.78 is 1.97. The van der Waals surface area contributed by atoms with Crippen LogP contribution in [0.4, 0.5) is 0 Å². The molecule has 154 valence electrons. The molecule has 2 amide bonds. The predicted octanol–water partition coefficient (Wildman–Crippen LogP) is 5.07. The molecule has 3 heterocycles. The molecule has 0 bridgehead atoms. The summed E-state index contributed by atoms with van der Waals surface area (Å²) in [7, 11) is 0. The lowest BCUT2D eigenvalue weighted by Crippen LogP contribution is -2.62. The van der Waals surface area contributed by atoms with Crippen LogP contribution in [-0.2, 0) is 0 Å². The Hall–Kier alpha value is -2.12. The second-order valence-corrected chi connectivity index (χ2v) is 10.2. The SMILES string of the molecule is O=C(c1ccc(Br)cc1)N1CCC2(CC1)CN(C(=O)c1cc3cc(Br)ccc3[nH]1)C2. The Morgan fingerprint density at radius 2 is 1.50 bits per heavy atom. The number of benzene rings is 2. The molecule has 1 aromatic heterocycles. The minimum absolute atomic E-state index is 0.0568. The fourth-order valence-electron chi connectivity index (χ4n) is 4.57. The maximum Gasteiger partial charge on any atom is 0.270 e. The summed E-state index contributed by atoms with van der Waals surface area (Å²) in [4.78, 5) is 32.7. The van der Waals surface area contributed by atoms with Gasteiger partial charge in [-0.15, -0.1) is 0 Å². The van der Waals surface area contributed by atoms with Crippen molar-refractivity contribution in [3.05, 3.63) is 68.7 Å². The van der Waals surface area contributed by atoms with Gasteiger partial charge < -0.3 is 14.8 Å². The van der Waals surface area contributed by atoms with Crippen molar-refractivity contribution in [2.24, 2.45) is 5.41 Å². The normalized spacial score (nSPS) is 17.9. The van der Waals surface area contributed by atoms with E-state index >= 15 is 0 Å². The van der Waals surface area contributed by atoms with Crippen molar-refractivity contribution in [2.45, 2.75) is 12.8 Å². The van der Waals surface area contributed by atoms with Crippen LogP contribution in [-0.4, -0.2) is 52.8 Å². The second-order valence-electron chi connectivity index (χ2n) is 8.37. The first kappa shape index (κ1) is 19.8. The van der Waals surface area contributed by atoms with Gasteiger partial charge in [-0.2, -0.15) is 0 Å². The monoisotopic (exact) mass is 529 g/mol. The number of aromatic nitrogens is 1. The topological polar surface area (TPSA) is 56.4 Å². The molecule has 7 heteroatoms. The number of likely N-dealkylation sites (tertiary alicyclic amines) is 2. The number of hydrogen-bond acceptors (Lipinski definition) is 2. The first-order valence-corrected chi connectivity index (χ1v) is 11.6. The molecule has 30 heavy (non-hydrogen) atoms. The van der Waals surface area contributed by atoms with Gasteiger partial charge in [-0.1, -0.05) is 31.9 Å². The number of H-pyrrole nitrogens is 1. The third-order valence-electron chi connectivity index (χ3n) is 6.36. The van der Waals surface area contributed by atoms with Crippen molar-refractivity contribution >= 4 is 54.6 Å². The highest BCUT2D eigenvalue weighted by Gasteiger charge is 2.47. The van der Waals surface area contributed by atoms with Crippen LogP contribution in [0.2, 0.25) is 0 Å². The maximum absolute atomic E-state index is 12.9. The van der Waals surface area contributed by atoms with E-state index in [-0.39, 0.29) is 17.2 Å². The lowest BCUT2D eigenvalue weighted by molar-refractivity contribution is -0.0290. The van der Waals surface area contributed by atoms with Crippen LogP contribution in [0.15, 0.2) is 57.5 Å². The second kappa shape index (κ2) is 7.54. The van der Waals surface area contributed by atoms with Gasteiger partial charge in [0.1, 0.15) is 5.69 Å². The zero-order valence-corrected chi connectivity index (χ0v) is 19.5. The molecular weight excluding hydrogens is 510 g/mol. The summed E-state index contributed by atoms with van der Waals surface area (Å²) in [5, 5.41) is 1.03. The summed E-state index contributed by atoms with van der Waals surface area (Å²) in [6.45, 7) is 3.03. The molecule has 5 nitrogen and oxygen atoms in total. The van der Waals surface area contributed by atoms with Gasteiger partial charge in [0, 0.05) is 57.0 Å². The van der Waals surface area contributed by atoms with E-state index in [1.807, 2.05) is 58.3 Å². The molecule has 2 saturated heterocycles. The third-order valence-corrected chi connectivity index (χ3v) is 7.38. The largest absolute Gasteiger partial charge is 0.351 e. The number of nitrogens with one attached hydrogen (secondary N) is 1. The van der Waals surface area contributed by atoms with E-state index in [9.17, 15) is 9.59 Å². The summed E-state index contributed by atoms with van der Waals surface area (Å²) in [6.07, 6.45) is 1.89. The van der Waals surface area contributed by atoms with Crippen LogP contribution >= 0.6 is 31.9 Å². The first-order chi connectivity index (χ1) is 14.4. The molecule has 0 aliphatic carbocycles. The quantitative estimate of drug-likeness (QED) is 0.502. The zero-order chi connectivity index (χ0) is 20.9. The molecule has 0 saturated carbocycles. The van der Waals surface area contributed by atoms with E-state index in [1.165, 1.54) is 0 Å². The predicted molar refractivity (Wildman–Crippen MR) is 124 cm³/mol. The third kappa shape index (κ3) is 3.58. The Morgan fingerprint density at radius 3 is 2.20 bits per heavy atom. The van der Waals surface area contributed by atoms with E-state index < -0.39 is 0 Å². The zero-order valence-electron chi connectivity index (χ0n) is 16.3. The number of fused-ring (bicyclic) bond motifs is 1. The number of hydrogen-bond donors (Lipinski definition) is 1. The number of carbonyl (C=O) groups is 2. The molecule has 0 radical (unpaired) electrons. The van der Waals surface area contributed by atoms with Gasteiger partial charge in [-0.05, 0) is 61.4 Å². The van der Waals surface area contributed by atoms with Crippen molar-refractivity contribution in [3.63, 3.8) is 0 Å². The van der Waals surface area contributed by atoms with Gasteiger partial charge >= 0.3 is 0 Å². The highest BCUT2D eigenvalue weighted by atomic mass is 79.9. The molecule has 2 aliphatic heterocycles. The number of halogens is 2. The summed E-state index contributed by atoms with van der Waals surface area (Å²) in [5.41, 5.74) is 2.49. The number of aromatic amines is 1. The van der Waals surface area contributed by atoms with Gasteiger partial charge in [-0.25, -0.2) is 0 Å². The van der Waals surface area contributed by atoms with Crippen LogP contribution in [0.3, 0.4) is 0 Å². The van der Waals surface area contributed by atoms with Crippen LogP contribution in [0.25, 0.3) is 10.9 Å². The van der Waals surface area contributed by atoms with Crippen molar-refractivity contribution in [1.29, 1.82) is 0 Å². The molecule has 1 N–H and O–H groups in total. The molecule has 5 rings (SSSR count). The molecule has 0 atom stereocenters. The van der Waals surface area contributed by atoms with Gasteiger partial charge in [0.2, 0.25) is 0 Å². The molecule has 2 aromatic carbocycles. The Balaban J connectivity index is 1.20. The van der Waals surface area contributed by atoms with Crippen molar-refractivity contribution < 1.29 is 9.59 Å². The van der Waals surface area contributed by atoms with E-state index in [1.54, 1.807) is 0 Å². The molecule has 3 aromatic rings. The van der Waals surface area contributed by atoms with Crippen LogP contribution in [0.5, 0.6) is 0 Å². The number of carbonyl (C=O) groups excluding carboxylic acids is 2. The van der Waals surface area contributed by atoms with Crippen LogP contribution in [0.1, 0.15) is 33.7 Å². The van der Waals surface area contributed by atoms with E-state index in [4.69, 9.17) is 0 Å². The van der Waals surface area contributed by atoms with E-state index in [0.29, 0.717) is 5.69 Å². The van der Waals surface area contributed by atoms with Crippen molar-refractivity contribution in [2.75, 3.05) is 26.2 Å². The number of nitrogens with zero attached hydrogens (tertiary/aromatic N) is 2. The highest BCUT2D eigenvalue weighted by molar-refractivity contribution is 9.10. The summed E-state index contributed by atoms with van der Waals surface area (Å²) in [6, 6.07) is 15.4. The minimum Gasteiger partial charge on any atom is -0.351 e. The van der Waals surface area contributed by atoms with Gasteiger partial charge in [0.05, 0.1) is 0 Å². The molecular formula is C23H21Br2N3O2. The standard InChI is InChI=1S/C23H21Br2N3O2/c24-17-3-1-15(2-4-17)21(29)27-9-7-23(8-10-27)13-28(14-23)22(30)20-12-16-11-18(25)5-6-19(16)26-20/h1-6,11-12,26H,7-10,13-14H2. The van der Waals surface area contributed by atoms with Gasteiger partial charge in [0.25, 0.3) is 11.8 Å². The fourth-order valence-corrected chi connectivity index (χ4v) is 5.21. The van der Waals surface area contributed by atoms with Gasteiger partial charge in [-0.3, -0.25) is 9.59 Å². The lowest BCUT2D eigenvalue weighted by Gasteiger charge is -2.53. The van der Waals surface area contributed by atoms with Gasteiger partial charge in [0.15, 0.2) is 0 Å². The summed E-state index contributed by atoms with van der Waals surface area (Å²) >= 11 is 6.88. The Labute approximate surface area is 191 Å². The fraction of sp³-hybridized carbons (Fsp3) is 0.304. The smallest absolute Gasteiger partial charge is 0.270 e.